The Morgan fingerprint density at radius 1 is 1.31 bits per heavy atom. The minimum Gasteiger partial charge on any atom is -0.298 e. The highest BCUT2D eigenvalue weighted by molar-refractivity contribution is 7.10. The van der Waals surface area contributed by atoms with Gasteiger partial charge in [0.05, 0.1) is 6.04 Å². The van der Waals surface area contributed by atoms with E-state index in [-0.39, 0.29) is 6.04 Å². The fourth-order valence-corrected chi connectivity index (χ4v) is 3.78. The van der Waals surface area contributed by atoms with Gasteiger partial charge in [-0.2, -0.15) is 0 Å². The summed E-state index contributed by atoms with van der Waals surface area (Å²) >= 11 is 1.86. The molecule has 1 saturated carbocycles. The molecule has 3 heteroatoms. The lowest BCUT2D eigenvalue weighted by Crippen LogP contribution is -2.45. The third kappa shape index (κ3) is 1.82. The number of carbonyl (C=O) groups excluding carboxylic acids is 1. The molecule has 2 aliphatic rings. The molecule has 2 nitrogen and oxygen atoms in total. The first-order chi connectivity index (χ1) is 7.84. The quantitative estimate of drug-likeness (QED) is 0.746. The number of carbonyl (C=O) groups is 1. The third-order valence-electron chi connectivity index (χ3n) is 3.80. The molecule has 1 fully saturated rings. The first kappa shape index (κ1) is 10.5. The van der Waals surface area contributed by atoms with Crippen molar-refractivity contribution in [2.75, 3.05) is 6.54 Å². The molecule has 0 spiro atoms. The van der Waals surface area contributed by atoms with Gasteiger partial charge in [0.1, 0.15) is 5.78 Å². The van der Waals surface area contributed by atoms with Crippen molar-refractivity contribution in [1.29, 1.82) is 0 Å². The van der Waals surface area contributed by atoms with Crippen LogP contribution in [0.15, 0.2) is 11.4 Å². The Labute approximate surface area is 100 Å². The topological polar surface area (TPSA) is 20.3 Å². The maximum Gasteiger partial charge on any atom is 0.149 e. The minimum absolute atomic E-state index is 0.224. The smallest absolute Gasteiger partial charge is 0.149 e. The maximum absolute atomic E-state index is 11.9. The SMILES string of the molecule is O=C1CCCCC1N1CCc2sccc2C1. The Morgan fingerprint density at radius 2 is 2.25 bits per heavy atom. The number of hydrogen-bond donors (Lipinski definition) is 0. The molecule has 1 unspecified atom stereocenters. The minimum atomic E-state index is 0.224. The van der Waals surface area contributed by atoms with Gasteiger partial charge in [0.2, 0.25) is 0 Å². The molecule has 3 rings (SSSR count). The summed E-state index contributed by atoms with van der Waals surface area (Å²) in [5.41, 5.74) is 1.45. The van der Waals surface area contributed by atoms with Crippen molar-refractivity contribution in [3.8, 4) is 0 Å². The van der Waals surface area contributed by atoms with E-state index in [0.29, 0.717) is 5.78 Å². The summed E-state index contributed by atoms with van der Waals surface area (Å²) in [6.45, 7) is 2.07. The van der Waals surface area contributed by atoms with Crippen molar-refractivity contribution in [2.24, 2.45) is 0 Å². The molecule has 0 N–H and O–H groups in total. The lowest BCUT2D eigenvalue weighted by molar-refractivity contribution is -0.126. The lowest BCUT2D eigenvalue weighted by Gasteiger charge is -2.35. The van der Waals surface area contributed by atoms with Crippen LogP contribution < -0.4 is 0 Å². The van der Waals surface area contributed by atoms with E-state index in [1.807, 2.05) is 11.3 Å². The fraction of sp³-hybridized carbons (Fsp3) is 0.615. The predicted molar refractivity (Wildman–Crippen MR) is 65.7 cm³/mol. The van der Waals surface area contributed by atoms with Crippen LogP contribution in [0.5, 0.6) is 0 Å². The molecule has 2 heterocycles. The molecule has 1 aliphatic carbocycles. The van der Waals surface area contributed by atoms with Crippen molar-refractivity contribution in [3.63, 3.8) is 0 Å². The molecule has 0 radical (unpaired) electrons. The third-order valence-corrected chi connectivity index (χ3v) is 4.82. The van der Waals surface area contributed by atoms with Gasteiger partial charge in [-0.3, -0.25) is 9.69 Å². The number of thiophene rings is 1. The number of nitrogens with zero attached hydrogens (tertiary/aromatic N) is 1. The Morgan fingerprint density at radius 3 is 3.12 bits per heavy atom. The van der Waals surface area contributed by atoms with Gasteiger partial charge in [-0.1, -0.05) is 6.42 Å². The van der Waals surface area contributed by atoms with Gasteiger partial charge >= 0.3 is 0 Å². The zero-order valence-corrected chi connectivity index (χ0v) is 10.3. The van der Waals surface area contributed by atoms with Crippen LogP contribution in [0.4, 0.5) is 0 Å². The van der Waals surface area contributed by atoms with E-state index < -0.39 is 0 Å². The molecule has 1 aromatic rings. The van der Waals surface area contributed by atoms with Gasteiger partial charge in [0.25, 0.3) is 0 Å². The number of rotatable bonds is 1. The second-order valence-electron chi connectivity index (χ2n) is 4.82. The number of fused-ring (bicyclic) bond motifs is 1. The Bertz CT molecular complexity index is 398. The molecule has 1 aromatic heterocycles. The number of hydrogen-bond acceptors (Lipinski definition) is 3. The summed E-state index contributed by atoms with van der Waals surface area (Å²) in [7, 11) is 0. The van der Waals surface area contributed by atoms with Crippen LogP contribution >= 0.6 is 11.3 Å². The summed E-state index contributed by atoms with van der Waals surface area (Å²) in [5, 5.41) is 2.18. The first-order valence-electron chi connectivity index (χ1n) is 6.16. The van der Waals surface area contributed by atoms with E-state index in [0.717, 1.165) is 38.8 Å². The fourth-order valence-electron chi connectivity index (χ4n) is 2.89. The Hall–Kier alpha value is -0.670. The van der Waals surface area contributed by atoms with Crippen molar-refractivity contribution >= 4 is 17.1 Å². The van der Waals surface area contributed by atoms with Crippen LogP contribution in [-0.4, -0.2) is 23.3 Å². The van der Waals surface area contributed by atoms with Gasteiger partial charge in [-0.05, 0) is 36.3 Å². The van der Waals surface area contributed by atoms with Crippen molar-refractivity contribution in [3.05, 3.63) is 21.9 Å². The number of Topliss-reactive ketones (excluding diaryl/α,β-unsaturated/α-hetero) is 1. The molecular weight excluding hydrogens is 218 g/mol. The van der Waals surface area contributed by atoms with E-state index in [1.165, 1.54) is 16.9 Å². The lowest BCUT2D eigenvalue weighted by atomic mass is 9.91. The van der Waals surface area contributed by atoms with Crippen LogP contribution in [0.25, 0.3) is 0 Å². The Kier molecular flexibility index (Phi) is 2.82. The van der Waals surface area contributed by atoms with Crippen LogP contribution in [0.1, 0.15) is 36.1 Å². The molecule has 1 aliphatic heterocycles. The first-order valence-corrected chi connectivity index (χ1v) is 7.04. The van der Waals surface area contributed by atoms with E-state index in [2.05, 4.69) is 16.3 Å². The summed E-state index contributed by atoms with van der Waals surface area (Å²) in [6, 6.07) is 2.45. The second kappa shape index (κ2) is 4.30. The normalized spacial score (nSPS) is 26.8. The average molecular weight is 235 g/mol. The van der Waals surface area contributed by atoms with E-state index in [9.17, 15) is 4.79 Å². The van der Waals surface area contributed by atoms with Crippen molar-refractivity contribution in [1.82, 2.24) is 4.90 Å². The van der Waals surface area contributed by atoms with Crippen LogP contribution in [-0.2, 0) is 17.8 Å². The van der Waals surface area contributed by atoms with E-state index in [1.54, 1.807) is 0 Å². The predicted octanol–water partition coefficient (Wildman–Crippen LogP) is 2.62. The van der Waals surface area contributed by atoms with Crippen LogP contribution in [0, 0.1) is 0 Å². The van der Waals surface area contributed by atoms with Crippen LogP contribution in [0.2, 0.25) is 0 Å². The Balaban J connectivity index is 1.75. The van der Waals surface area contributed by atoms with Gasteiger partial charge in [-0.15, -0.1) is 11.3 Å². The standard InChI is InChI=1S/C13H17NOS/c15-12-4-2-1-3-11(12)14-7-5-13-10(9-14)6-8-16-13/h6,8,11H,1-5,7,9H2. The molecule has 16 heavy (non-hydrogen) atoms. The molecular formula is C13H17NOS. The molecule has 86 valence electrons. The summed E-state index contributed by atoms with van der Waals surface area (Å²) in [5.74, 6) is 0.477. The highest BCUT2D eigenvalue weighted by atomic mass is 32.1. The molecule has 0 saturated heterocycles. The highest BCUT2D eigenvalue weighted by Gasteiger charge is 2.30. The molecule has 0 bridgehead atoms. The van der Waals surface area contributed by atoms with Crippen LogP contribution in [0.3, 0.4) is 0 Å². The van der Waals surface area contributed by atoms with Gasteiger partial charge in [0.15, 0.2) is 0 Å². The molecule has 0 amide bonds. The summed E-state index contributed by atoms with van der Waals surface area (Å²) in [4.78, 5) is 15.8. The van der Waals surface area contributed by atoms with Gasteiger partial charge < -0.3 is 0 Å². The zero-order valence-electron chi connectivity index (χ0n) is 9.45. The van der Waals surface area contributed by atoms with E-state index in [4.69, 9.17) is 0 Å². The van der Waals surface area contributed by atoms with E-state index >= 15 is 0 Å². The maximum atomic E-state index is 11.9. The monoisotopic (exact) mass is 235 g/mol. The van der Waals surface area contributed by atoms with Crippen molar-refractivity contribution in [2.45, 2.75) is 44.7 Å². The molecule has 0 aromatic carbocycles. The van der Waals surface area contributed by atoms with Crippen molar-refractivity contribution < 1.29 is 4.79 Å². The molecule has 1 atom stereocenters. The second-order valence-corrected chi connectivity index (χ2v) is 5.82. The summed E-state index contributed by atoms with van der Waals surface area (Å²) in [6.07, 6.45) is 5.35. The van der Waals surface area contributed by atoms with Gasteiger partial charge in [0, 0.05) is 24.4 Å². The summed E-state index contributed by atoms with van der Waals surface area (Å²) < 4.78 is 0. The largest absolute Gasteiger partial charge is 0.298 e. The number of ketones is 1. The zero-order chi connectivity index (χ0) is 11.0. The van der Waals surface area contributed by atoms with Gasteiger partial charge in [-0.25, -0.2) is 0 Å². The average Bonchev–Trinajstić information content (AvgIpc) is 2.76. The highest BCUT2D eigenvalue weighted by Crippen LogP contribution is 2.28.